The van der Waals surface area contributed by atoms with Gasteiger partial charge in [-0.3, -0.25) is 0 Å². The maximum atomic E-state index is 5.13. The number of nitrogens with one attached hydrogen (secondary N) is 2. The van der Waals surface area contributed by atoms with Crippen LogP contribution in [-0.2, 0) is 0 Å². The van der Waals surface area contributed by atoms with Crippen molar-refractivity contribution in [3.8, 4) is 5.75 Å². The van der Waals surface area contributed by atoms with Crippen LogP contribution in [0, 0.1) is 0 Å². The van der Waals surface area contributed by atoms with Gasteiger partial charge < -0.3 is 15.4 Å². The average molecular weight is 238 g/mol. The molecule has 0 spiro atoms. The molecule has 0 aromatic heterocycles. The lowest BCUT2D eigenvalue weighted by Gasteiger charge is -2.19. The van der Waals surface area contributed by atoms with E-state index in [1.807, 2.05) is 19.2 Å². The molecule has 1 atom stereocenters. The van der Waals surface area contributed by atoms with E-state index in [0.717, 1.165) is 12.2 Å². The highest BCUT2D eigenvalue weighted by Crippen LogP contribution is 2.19. The number of methoxy groups -OCH3 is 1. The molecule has 0 aliphatic rings. The molecule has 0 unspecified atom stereocenters. The zero-order chi connectivity index (χ0) is 12.0. The van der Waals surface area contributed by atoms with Crippen LogP contribution in [0.15, 0.2) is 24.3 Å². The van der Waals surface area contributed by atoms with Gasteiger partial charge >= 0.3 is 0 Å². The molecule has 2 N–H and O–H groups in total. The van der Waals surface area contributed by atoms with Crippen molar-refractivity contribution in [2.75, 3.05) is 14.2 Å². The Morgan fingerprint density at radius 3 is 2.44 bits per heavy atom. The fraction of sp³-hybridized carbons (Fsp3) is 0.417. The summed E-state index contributed by atoms with van der Waals surface area (Å²) in [5.41, 5.74) is 1.21. The fourth-order valence-electron chi connectivity index (χ4n) is 1.49. The van der Waals surface area contributed by atoms with Crippen molar-refractivity contribution in [1.29, 1.82) is 0 Å². The summed E-state index contributed by atoms with van der Waals surface area (Å²) < 4.78 is 5.13. The molecule has 1 aromatic carbocycles. The van der Waals surface area contributed by atoms with Crippen LogP contribution in [0.25, 0.3) is 0 Å². The second-order valence-corrected chi connectivity index (χ2v) is 3.87. The molecule has 0 saturated carbocycles. The molecule has 4 heteroatoms. The van der Waals surface area contributed by atoms with Gasteiger partial charge in [0.2, 0.25) is 0 Å². The fourth-order valence-corrected chi connectivity index (χ4v) is 1.63. The molecule has 1 rings (SSSR count). The molecule has 0 bridgehead atoms. The second-order valence-electron chi connectivity index (χ2n) is 3.46. The first-order valence-corrected chi connectivity index (χ1v) is 5.74. The van der Waals surface area contributed by atoms with E-state index in [4.69, 9.17) is 17.0 Å². The van der Waals surface area contributed by atoms with E-state index < -0.39 is 0 Å². The summed E-state index contributed by atoms with van der Waals surface area (Å²) in [4.78, 5) is 0. The van der Waals surface area contributed by atoms with Crippen molar-refractivity contribution in [2.45, 2.75) is 19.4 Å². The van der Waals surface area contributed by atoms with E-state index in [2.05, 4.69) is 29.7 Å². The molecule has 16 heavy (non-hydrogen) atoms. The van der Waals surface area contributed by atoms with Gasteiger partial charge in [-0.1, -0.05) is 19.1 Å². The molecule has 88 valence electrons. The van der Waals surface area contributed by atoms with Crippen LogP contribution in [0.1, 0.15) is 24.9 Å². The van der Waals surface area contributed by atoms with Gasteiger partial charge in [-0.05, 0) is 36.3 Å². The van der Waals surface area contributed by atoms with Crippen LogP contribution in [0.3, 0.4) is 0 Å². The van der Waals surface area contributed by atoms with Gasteiger partial charge in [0.15, 0.2) is 5.11 Å². The monoisotopic (exact) mass is 238 g/mol. The van der Waals surface area contributed by atoms with Crippen molar-refractivity contribution in [2.24, 2.45) is 0 Å². The molecule has 0 radical (unpaired) electrons. The molecule has 3 nitrogen and oxygen atoms in total. The highest BCUT2D eigenvalue weighted by atomic mass is 32.1. The van der Waals surface area contributed by atoms with Crippen molar-refractivity contribution < 1.29 is 4.74 Å². The Labute approximate surface area is 102 Å². The van der Waals surface area contributed by atoms with Crippen LogP contribution in [0.2, 0.25) is 0 Å². The predicted molar refractivity (Wildman–Crippen MR) is 70.8 cm³/mol. The summed E-state index contributed by atoms with van der Waals surface area (Å²) in [6.07, 6.45) is 0.980. The highest BCUT2D eigenvalue weighted by molar-refractivity contribution is 7.80. The number of thiocarbonyl (C=S) groups is 1. The molecular formula is C12H18N2OS. The van der Waals surface area contributed by atoms with Gasteiger partial charge in [-0.15, -0.1) is 0 Å². The zero-order valence-corrected chi connectivity index (χ0v) is 10.7. The standard InChI is InChI=1S/C12H18N2OS/c1-4-11(14-12(16)13-2)9-5-7-10(15-3)8-6-9/h5-8,11H,4H2,1-3H3,(H2,13,14,16)/t11-/m0/s1. The number of rotatable bonds is 4. The maximum absolute atomic E-state index is 5.13. The summed E-state index contributed by atoms with van der Waals surface area (Å²) in [6.45, 7) is 2.13. The molecule has 1 aromatic rings. The van der Waals surface area contributed by atoms with Crippen molar-refractivity contribution in [3.63, 3.8) is 0 Å². The van der Waals surface area contributed by atoms with E-state index >= 15 is 0 Å². The first-order valence-electron chi connectivity index (χ1n) is 5.33. The lowest BCUT2D eigenvalue weighted by molar-refractivity contribution is 0.414. The van der Waals surface area contributed by atoms with E-state index in [1.54, 1.807) is 7.11 Å². The molecule has 0 saturated heterocycles. The zero-order valence-electron chi connectivity index (χ0n) is 9.91. The maximum Gasteiger partial charge on any atom is 0.166 e. The highest BCUT2D eigenvalue weighted by Gasteiger charge is 2.09. The molecular weight excluding hydrogens is 220 g/mol. The van der Waals surface area contributed by atoms with Crippen LogP contribution in [-0.4, -0.2) is 19.3 Å². The Morgan fingerprint density at radius 1 is 1.38 bits per heavy atom. The molecule has 0 fully saturated rings. The number of benzene rings is 1. The SMILES string of the molecule is CC[C@H](NC(=S)NC)c1ccc(OC)cc1. The Morgan fingerprint density at radius 2 is 2.00 bits per heavy atom. The smallest absolute Gasteiger partial charge is 0.166 e. The lowest BCUT2D eigenvalue weighted by Crippen LogP contribution is -2.35. The van der Waals surface area contributed by atoms with Crippen LogP contribution < -0.4 is 15.4 Å². The molecule has 0 aliphatic heterocycles. The summed E-state index contributed by atoms with van der Waals surface area (Å²) in [5, 5.41) is 6.84. The number of ether oxygens (including phenoxy) is 1. The third-order valence-corrected chi connectivity index (χ3v) is 2.78. The van der Waals surface area contributed by atoms with Gasteiger partial charge in [-0.2, -0.15) is 0 Å². The Balaban J connectivity index is 2.74. The van der Waals surface area contributed by atoms with Crippen LogP contribution in [0.5, 0.6) is 5.75 Å². The molecule has 0 aliphatic carbocycles. The minimum Gasteiger partial charge on any atom is -0.497 e. The topological polar surface area (TPSA) is 33.3 Å². The second kappa shape index (κ2) is 6.33. The molecule has 0 heterocycles. The van der Waals surface area contributed by atoms with Crippen molar-refractivity contribution in [3.05, 3.63) is 29.8 Å². The lowest BCUT2D eigenvalue weighted by atomic mass is 10.0. The summed E-state index contributed by atoms with van der Waals surface area (Å²) in [7, 11) is 3.48. The third kappa shape index (κ3) is 3.38. The summed E-state index contributed by atoms with van der Waals surface area (Å²) in [6, 6.07) is 8.27. The first-order chi connectivity index (χ1) is 7.71. The van der Waals surface area contributed by atoms with E-state index in [0.29, 0.717) is 5.11 Å². The van der Waals surface area contributed by atoms with Crippen LogP contribution >= 0.6 is 12.2 Å². The molecule has 0 amide bonds. The third-order valence-electron chi connectivity index (χ3n) is 2.46. The first kappa shape index (κ1) is 12.8. The van der Waals surface area contributed by atoms with Gasteiger partial charge in [0, 0.05) is 7.05 Å². The van der Waals surface area contributed by atoms with Gasteiger partial charge in [0.05, 0.1) is 13.2 Å². The number of hydrogen-bond acceptors (Lipinski definition) is 2. The summed E-state index contributed by atoms with van der Waals surface area (Å²) in [5.74, 6) is 0.870. The number of hydrogen-bond donors (Lipinski definition) is 2. The summed E-state index contributed by atoms with van der Waals surface area (Å²) >= 11 is 5.10. The Kier molecular flexibility index (Phi) is 5.05. The van der Waals surface area contributed by atoms with Gasteiger partial charge in [-0.25, -0.2) is 0 Å². The van der Waals surface area contributed by atoms with Crippen molar-refractivity contribution >= 4 is 17.3 Å². The normalized spacial score (nSPS) is 11.7. The minimum atomic E-state index is 0.242. The largest absolute Gasteiger partial charge is 0.497 e. The van der Waals surface area contributed by atoms with E-state index in [-0.39, 0.29) is 6.04 Å². The van der Waals surface area contributed by atoms with Crippen molar-refractivity contribution in [1.82, 2.24) is 10.6 Å². The van der Waals surface area contributed by atoms with Crippen LogP contribution in [0.4, 0.5) is 0 Å². The van der Waals surface area contributed by atoms with E-state index in [1.165, 1.54) is 5.56 Å². The van der Waals surface area contributed by atoms with Gasteiger partial charge in [0.1, 0.15) is 5.75 Å². The van der Waals surface area contributed by atoms with E-state index in [9.17, 15) is 0 Å². The Bertz CT molecular complexity index is 337. The average Bonchev–Trinajstić information content (AvgIpc) is 2.35. The van der Waals surface area contributed by atoms with Gasteiger partial charge in [0.25, 0.3) is 0 Å². The minimum absolute atomic E-state index is 0.242. The Hall–Kier alpha value is -1.29. The quantitative estimate of drug-likeness (QED) is 0.788. The predicted octanol–water partition coefficient (Wildman–Crippen LogP) is 2.24.